The van der Waals surface area contributed by atoms with E-state index in [1.54, 1.807) is 17.8 Å². The predicted molar refractivity (Wildman–Crippen MR) is 145 cm³/mol. The Balaban J connectivity index is 0.00000512. The Morgan fingerprint density at radius 3 is 2.75 bits per heavy atom. The van der Waals surface area contributed by atoms with E-state index in [-0.39, 0.29) is 24.0 Å². The first-order valence-corrected chi connectivity index (χ1v) is 12.1. The van der Waals surface area contributed by atoms with Gasteiger partial charge in [-0.2, -0.15) is 0 Å². The van der Waals surface area contributed by atoms with Crippen LogP contribution in [-0.4, -0.2) is 46.7 Å². The van der Waals surface area contributed by atoms with Gasteiger partial charge in [-0.05, 0) is 31.6 Å². The highest BCUT2D eigenvalue weighted by Gasteiger charge is 2.12. The Morgan fingerprint density at radius 2 is 2.06 bits per heavy atom. The minimum absolute atomic E-state index is 0. The summed E-state index contributed by atoms with van der Waals surface area (Å²) in [6, 6.07) is 7.97. The van der Waals surface area contributed by atoms with Crippen LogP contribution in [0.15, 0.2) is 47.1 Å². The molecule has 0 amide bonds. The second kappa shape index (κ2) is 16.0. The van der Waals surface area contributed by atoms with Gasteiger partial charge in [0.2, 0.25) is 0 Å². The summed E-state index contributed by atoms with van der Waals surface area (Å²) in [4.78, 5) is 4.72. The lowest BCUT2D eigenvalue weighted by molar-refractivity contribution is 0.359. The molecular formula is C23H37IN6OS. The second-order valence-electron chi connectivity index (χ2n) is 7.54. The number of aliphatic imine (C=N–C) groups is 1. The van der Waals surface area contributed by atoms with Crippen molar-refractivity contribution in [2.45, 2.75) is 51.9 Å². The summed E-state index contributed by atoms with van der Waals surface area (Å²) in [5.74, 6) is 3.25. The van der Waals surface area contributed by atoms with Crippen molar-refractivity contribution < 1.29 is 4.74 Å². The van der Waals surface area contributed by atoms with Crippen molar-refractivity contribution in [3.63, 3.8) is 0 Å². The van der Waals surface area contributed by atoms with Gasteiger partial charge in [-0.3, -0.25) is 0 Å². The maximum Gasteiger partial charge on any atom is 0.191 e. The maximum absolute atomic E-state index is 5.73. The molecule has 0 atom stereocenters. The van der Waals surface area contributed by atoms with Gasteiger partial charge in [-0.1, -0.05) is 56.5 Å². The van der Waals surface area contributed by atoms with Gasteiger partial charge in [0.25, 0.3) is 0 Å². The number of nitrogens with zero attached hydrogens (tertiary/aromatic N) is 4. The molecule has 0 radical (unpaired) electrons. The molecule has 1 aromatic heterocycles. The predicted octanol–water partition coefficient (Wildman–Crippen LogP) is 4.53. The van der Waals surface area contributed by atoms with Crippen molar-refractivity contribution in [1.29, 1.82) is 0 Å². The summed E-state index contributed by atoms with van der Waals surface area (Å²) in [5, 5.41) is 16.4. The molecule has 2 rings (SSSR count). The van der Waals surface area contributed by atoms with Gasteiger partial charge in [0, 0.05) is 31.6 Å². The molecule has 0 spiro atoms. The van der Waals surface area contributed by atoms with Crippen molar-refractivity contribution in [2.24, 2.45) is 10.9 Å². The third-order valence-corrected chi connectivity index (χ3v) is 5.14. The van der Waals surface area contributed by atoms with Crippen LogP contribution in [0.1, 0.15) is 38.6 Å². The summed E-state index contributed by atoms with van der Waals surface area (Å²) in [5.41, 5.74) is 1.05. The zero-order valence-electron chi connectivity index (χ0n) is 19.6. The molecule has 32 heavy (non-hydrogen) atoms. The average Bonchev–Trinajstić information content (AvgIpc) is 3.14. The molecule has 7 nitrogen and oxygen atoms in total. The lowest BCUT2D eigenvalue weighted by Gasteiger charge is -2.13. The minimum Gasteiger partial charge on any atom is -0.489 e. The molecule has 0 saturated carbocycles. The SMILES string of the molecule is C=CCOc1ccccc1CN=C(NCC)NCCCc1nnc(SC)n1CC(C)C.I. The van der Waals surface area contributed by atoms with Crippen LogP contribution in [0, 0.1) is 5.92 Å². The van der Waals surface area contributed by atoms with Crippen LogP contribution in [0.4, 0.5) is 0 Å². The lowest BCUT2D eigenvalue weighted by Crippen LogP contribution is -2.38. The van der Waals surface area contributed by atoms with Gasteiger partial charge in [0.1, 0.15) is 18.2 Å². The molecule has 0 fully saturated rings. The van der Waals surface area contributed by atoms with Crippen LogP contribution in [0.5, 0.6) is 5.75 Å². The van der Waals surface area contributed by atoms with Crippen LogP contribution in [0.2, 0.25) is 0 Å². The van der Waals surface area contributed by atoms with Gasteiger partial charge >= 0.3 is 0 Å². The van der Waals surface area contributed by atoms with Gasteiger partial charge in [-0.25, -0.2) is 4.99 Å². The van der Waals surface area contributed by atoms with Crippen molar-refractivity contribution >= 4 is 41.7 Å². The highest BCUT2D eigenvalue weighted by molar-refractivity contribution is 14.0. The van der Waals surface area contributed by atoms with E-state index in [0.717, 1.165) is 60.7 Å². The Morgan fingerprint density at radius 1 is 1.28 bits per heavy atom. The molecule has 178 valence electrons. The topological polar surface area (TPSA) is 76.4 Å². The van der Waals surface area contributed by atoms with E-state index in [4.69, 9.17) is 9.73 Å². The van der Waals surface area contributed by atoms with E-state index in [0.29, 0.717) is 19.1 Å². The summed E-state index contributed by atoms with van der Waals surface area (Å²) < 4.78 is 7.98. The van der Waals surface area contributed by atoms with Crippen LogP contribution in [0.25, 0.3) is 0 Å². The van der Waals surface area contributed by atoms with Gasteiger partial charge in [0.05, 0.1) is 6.54 Å². The average molecular weight is 573 g/mol. The number of hydrogen-bond acceptors (Lipinski definition) is 5. The molecular weight excluding hydrogens is 535 g/mol. The summed E-state index contributed by atoms with van der Waals surface area (Å²) in [6.07, 6.45) is 5.63. The number of ether oxygens (including phenoxy) is 1. The summed E-state index contributed by atoms with van der Waals surface area (Å²) in [6.45, 7) is 13.8. The first kappa shape index (κ1) is 28.3. The first-order chi connectivity index (χ1) is 15.1. The van der Waals surface area contributed by atoms with Crippen LogP contribution >= 0.6 is 35.7 Å². The third-order valence-electron chi connectivity index (χ3n) is 4.47. The van der Waals surface area contributed by atoms with E-state index >= 15 is 0 Å². The normalized spacial score (nSPS) is 11.2. The summed E-state index contributed by atoms with van der Waals surface area (Å²) >= 11 is 1.65. The number of thioether (sulfide) groups is 1. The fourth-order valence-electron chi connectivity index (χ4n) is 3.09. The second-order valence-corrected chi connectivity index (χ2v) is 8.31. The Hall–Kier alpha value is -1.75. The van der Waals surface area contributed by atoms with Crippen molar-refractivity contribution in [2.75, 3.05) is 26.0 Å². The molecule has 0 bridgehead atoms. The number of para-hydroxylation sites is 1. The highest BCUT2D eigenvalue weighted by Crippen LogP contribution is 2.19. The maximum atomic E-state index is 5.73. The number of benzene rings is 1. The Kier molecular flexibility index (Phi) is 14.1. The van der Waals surface area contributed by atoms with Gasteiger partial charge in [0.15, 0.2) is 11.1 Å². The van der Waals surface area contributed by atoms with Crippen LogP contribution < -0.4 is 15.4 Å². The van der Waals surface area contributed by atoms with E-state index in [2.05, 4.69) is 52.7 Å². The van der Waals surface area contributed by atoms with Crippen molar-refractivity contribution in [3.8, 4) is 5.75 Å². The molecule has 0 unspecified atom stereocenters. The molecule has 9 heteroatoms. The third kappa shape index (κ3) is 9.40. The molecule has 0 aliphatic heterocycles. The minimum atomic E-state index is 0. The molecule has 2 aromatic rings. The smallest absolute Gasteiger partial charge is 0.191 e. The number of hydrogen-bond donors (Lipinski definition) is 2. The highest BCUT2D eigenvalue weighted by atomic mass is 127. The lowest BCUT2D eigenvalue weighted by atomic mass is 10.2. The largest absolute Gasteiger partial charge is 0.489 e. The van der Waals surface area contributed by atoms with Gasteiger partial charge in [-0.15, -0.1) is 34.2 Å². The number of aromatic nitrogens is 3. The fourth-order valence-corrected chi connectivity index (χ4v) is 3.61. The van der Waals surface area contributed by atoms with Crippen molar-refractivity contribution in [3.05, 3.63) is 48.3 Å². The number of nitrogens with one attached hydrogen (secondary N) is 2. The van der Waals surface area contributed by atoms with E-state index < -0.39 is 0 Å². The summed E-state index contributed by atoms with van der Waals surface area (Å²) in [7, 11) is 0. The Bertz CT molecular complexity index is 840. The zero-order chi connectivity index (χ0) is 22.5. The number of rotatable bonds is 13. The van der Waals surface area contributed by atoms with Crippen LogP contribution in [0.3, 0.4) is 0 Å². The first-order valence-electron chi connectivity index (χ1n) is 10.9. The monoisotopic (exact) mass is 572 g/mol. The van der Waals surface area contributed by atoms with E-state index in [9.17, 15) is 0 Å². The van der Waals surface area contributed by atoms with E-state index in [1.165, 1.54) is 0 Å². The standard InChI is InChI=1S/C23H36N6OS.HI/c1-6-15-30-20-12-9-8-11-19(20)16-26-22(24-7-2)25-14-10-13-21-27-28-23(31-5)29(21)17-18(3)4;/h6,8-9,11-12,18H,1,7,10,13-17H2,2-5H3,(H2,24,25,26);1H. The molecule has 0 aliphatic carbocycles. The van der Waals surface area contributed by atoms with E-state index in [1.807, 2.05) is 30.5 Å². The zero-order valence-corrected chi connectivity index (χ0v) is 22.8. The molecule has 1 aromatic carbocycles. The number of guanidine groups is 1. The molecule has 2 N–H and O–H groups in total. The quantitative estimate of drug-likeness (QED) is 0.0918. The molecule has 1 heterocycles. The molecule has 0 aliphatic rings. The molecule has 0 saturated heterocycles. The van der Waals surface area contributed by atoms with Gasteiger partial charge < -0.3 is 19.9 Å². The number of halogens is 1. The van der Waals surface area contributed by atoms with Crippen LogP contribution in [-0.2, 0) is 19.5 Å². The fraction of sp³-hybridized carbons (Fsp3) is 0.522. The Labute approximate surface area is 213 Å². The number of aryl methyl sites for hydroxylation is 1. The van der Waals surface area contributed by atoms with Crippen molar-refractivity contribution in [1.82, 2.24) is 25.4 Å².